The van der Waals surface area contributed by atoms with E-state index < -0.39 is 11.6 Å². The Morgan fingerprint density at radius 3 is 2.30 bits per heavy atom. The molecule has 2 aromatic carbocycles. The van der Waals surface area contributed by atoms with E-state index in [1.165, 1.54) is 6.07 Å². The smallest absolute Gasteiger partial charge is 0.167 e. The summed E-state index contributed by atoms with van der Waals surface area (Å²) in [6.07, 6.45) is 0. The molecule has 0 saturated carbocycles. The zero-order chi connectivity index (χ0) is 14.4. The van der Waals surface area contributed by atoms with E-state index in [0.29, 0.717) is 11.3 Å². The molecule has 2 aromatic rings. The maximum absolute atomic E-state index is 13.2. The molecule has 3 nitrogen and oxygen atoms in total. The maximum Gasteiger partial charge on any atom is 0.167 e. The number of nitrogens with zero attached hydrogens (tertiary/aromatic N) is 1. The fraction of sp³-hybridized carbons (Fsp3) is 0.133. The molecule has 0 aromatic heterocycles. The number of nitriles is 1. The van der Waals surface area contributed by atoms with Crippen molar-refractivity contribution in [2.24, 2.45) is 0 Å². The van der Waals surface area contributed by atoms with Crippen molar-refractivity contribution in [3.63, 3.8) is 0 Å². The molecule has 0 saturated heterocycles. The van der Waals surface area contributed by atoms with Crippen molar-refractivity contribution in [1.82, 2.24) is 0 Å². The average Bonchev–Trinajstić information content (AvgIpc) is 2.46. The van der Waals surface area contributed by atoms with Gasteiger partial charge in [-0.2, -0.15) is 5.26 Å². The van der Waals surface area contributed by atoms with Crippen molar-refractivity contribution < 1.29 is 18.3 Å². The standard InChI is InChI=1S/C15H11F2NO2/c16-12-3-6-15(14(17)9-12)20-8-7-19-13-4-1-11(10-18)2-5-13/h1-6,9H,7-8H2. The van der Waals surface area contributed by atoms with Gasteiger partial charge in [-0.15, -0.1) is 0 Å². The topological polar surface area (TPSA) is 42.2 Å². The third-order valence-corrected chi connectivity index (χ3v) is 2.49. The summed E-state index contributed by atoms with van der Waals surface area (Å²) in [5.41, 5.74) is 0.544. The van der Waals surface area contributed by atoms with Crippen LogP contribution in [0.2, 0.25) is 0 Å². The van der Waals surface area contributed by atoms with E-state index in [1.54, 1.807) is 24.3 Å². The summed E-state index contributed by atoms with van der Waals surface area (Å²) in [6, 6.07) is 11.7. The summed E-state index contributed by atoms with van der Waals surface area (Å²) in [5, 5.41) is 8.64. The molecule has 0 amide bonds. The van der Waals surface area contributed by atoms with E-state index in [1.807, 2.05) is 6.07 Å². The monoisotopic (exact) mass is 275 g/mol. The first-order chi connectivity index (χ1) is 9.69. The van der Waals surface area contributed by atoms with Crippen LogP contribution in [0.3, 0.4) is 0 Å². The van der Waals surface area contributed by atoms with Crippen molar-refractivity contribution in [2.75, 3.05) is 13.2 Å². The highest BCUT2D eigenvalue weighted by Gasteiger charge is 2.04. The summed E-state index contributed by atoms with van der Waals surface area (Å²) in [4.78, 5) is 0. The molecule has 102 valence electrons. The number of halogens is 2. The lowest BCUT2D eigenvalue weighted by Crippen LogP contribution is -2.09. The molecule has 2 rings (SSSR count). The third kappa shape index (κ3) is 3.69. The Hall–Kier alpha value is -2.61. The molecule has 0 aliphatic rings. The SMILES string of the molecule is N#Cc1ccc(OCCOc2ccc(F)cc2F)cc1. The first kappa shape index (κ1) is 13.8. The first-order valence-corrected chi connectivity index (χ1v) is 5.90. The summed E-state index contributed by atoms with van der Waals surface area (Å²) in [6.45, 7) is 0.339. The number of hydrogen-bond acceptors (Lipinski definition) is 3. The summed E-state index contributed by atoms with van der Waals surface area (Å²) < 4.78 is 36.4. The Bertz CT molecular complexity index is 621. The van der Waals surface area contributed by atoms with Crippen molar-refractivity contribution in [1.29, 1.82) is 5.26 Å². The third-order valence-electron chi connectivity index (χ3n) is 2.49. The number of ether oxygens (including phenoxy) is 2. The number of benzene rings is 2. The molecule has 0 unspecified atom stereocenters. The van der Waals surface area contributed by atoms with Crippen LogP contribution in [0.1, 0.15) is 5.56 Å². The Morgan fingerprint density at radius 1 is 0.950 bits per heavy atom. The second kappa shape index (κ2) is 6.53. The minimum Gasteiger partial charge on any atom is -0.490 e. The van der Waals surface area contributed by atoms with Crippen LogP contribution in [-0.4, -0.2) is 13.2 Å². The highest BCUT2D eigenvalue weighted by Crippen LogP contribution is 2.17. The van der Waals surface area contributed by atoms with Gasteiger partial charge in [0.15, 0.2) is 11.6 Å². The normalized spacial score (nSPS) is 9.85. The maximum atomic E-state index is 13.2. The Balaban J connectivity index is 1.80. The van der Waals surface area contributed by atoms with Crippen LogP contribution in [0.4, 0.5) is 8.78 Å². The van der Waals surface area contributed by atoms with Gasteiger partial charge in [-0.25, -0.2) is 8.78 Å². The fourth-order valence-electron chi connectivity index (χ4n) is 1.53. The molecule has 0 bridgehead atoms. The minimum atomic E-state index is -0.747. The van der Waals surface area contributed by atoms with Crippen LogP contribution >= 0.6 is 0 Å². The predicted octanol–water partition coefficient (Wildman–Crippen LogP) is 3.29. The highest BCUT2D eigenvalue weighted by molar-refractivity contribution is 5.34. The van der Waals surface area contributed by atoms with Crippen molar-refractivity contribution in [2.45, 2.75) is 0 Å². The van der Waals surface area contributed by atoms with Crippen molar-refractivity contribution in [3.8, 4) is 17.6 Å². The number of hydrogen-bond donors (Lipinski definition) is 0. The average molecular weight is 275 g/mol. The second-order valence-corrected chi connectivity index (χ2v) is 3.91. The lowest BCUT2D eigenvalue weighted by molar-refractivity contribution is 0.211. The van der Waals surface area contributed by atoms with Gasteiger partial charge in [0, 0.05) is 6.07 Å². The highest BCUT2D eigenvalue weighted by atomic mass is 19.1. The van der Waals surface area contributed by atoms with Gasteiger partial charge in [0.2, 0.25) is 0 Å². The first-order valence-electron chi connectivity index (χ1n) is 5.90. The lowest BCUT2D eigenvalue weighted by atomic mass is 10.2. The number of rotatable bonds is 5. The van der Waals surface area contributed by atoms with Gasteiger partial charge in [0.1, 0.15) is 24.8 Å². The quantitative estimate of drug-likeness (QED) is 0.786. The molecule has 0 fully saturated rings. The second-order valence-electron chi connectivity index (χ2n) is 3.91. The van der Waals surface area contributed by atoms with E-state index in [9.17, 15) is 8.78 Å². The molecule has 20 heavy (non-hydrogen) atoms. The molecule has 0 spiro atoms. The minimum absolute atomic E-state index is 0.0187. The van der Waals surface area contributed by atoms with Crippen LogP contribution in [0.5, 0.6) is 11.5 Å². The van der Waals surface area contributed by atoms with Crippen LogP contribution in [0.25, 0.3) is 0 Å². The molecule has 0 radical (unpaired) electrons. The van der Waals surface area contributed by atoms with Crippen LogP contribution in [-0.2, 0) is 0 Å². The fourth-order valence-corrected chi connectivity index (χ4v) is 1.53. The molecule has 0 N–H and O–H groups in total. The van der Waals surface area contributed by atoms with Gasteiger partial charge in [0.05, 0.1) is 11.6 Å². The van der Waals surface area contributed by atoms with Crippen molar-refractivity contribution in [3.05, 3.63) is 59.7 Å². The van der Waals surface area contributed by atoms with E-state index in [-0.39, 0.29) is 19.0 Å². The summed E-state index contributed by atoms with van der Waals surface area (Å²) >= 11 is 0. The molecule has 0 aliphatic heterocycles. The zero-order valence-electron chi connectivity index (χ0n) is 10.5. The van der Waals surface area contributed by atoms with Gasteiger partial charge in [-0.1, -0.05) is 0 Å². The van der Waals surface area contributed by atoms with Gasteiger partial charge in [0.25, 0.3) is 0 Å². The van der Waals surface area contributed by atoms with Gasteiger partial charge < -0.3 is 9.47 Å². The van der Waals surface area contributed by atoms with E-state index in [4.69, 9.17) is 14.7 Å². The van der Waals surface area contributed by atoms with Crippen molar-refractivity contribution >= 4 is 0 Å². The largest absolute Gasteiger partial charge is 0.490 e. The van der Waals surface area contributed by atoms with E-state index >= 15 is 0 Å². The molecule has 0 heterocycles. The van der Waals surface area contributed by atoms with E-state index in [0.717, 1.165) is 12.1 Å². The van der Waals surface area contributed by atoms with Gasteiger partial charge >= 0.3 is 0 Å². The van der Waals surface area contributed by atoms with Crippen LogP contribution in [0.15, 0.2) is 42.5 Å². The van der Waals surface area contributed by atoms with Crippen LogP contribution < -0.4 is 9.47 Å². The van der Waals surface area contributed by atoms with Crippen LogP contribution in [0, 0.1) is 23.0 Å². The molecule has 0 aliphatic carbocycles. The molecule has 5 heteroatoms. The molecule has 0 atom stereocenters. The lowest BCUT2D eigenvalue weighted by Gasteiger charge is -2.09. The van der Waals surface area contributed by atoms with Gasteiger partial charge in [-0.05, 0) is 36.4 Å². The van der Waals surface area contributed by atoms with Gasteiger partial charge in [-0.3, -0.25) is 0 Å². The Kier molecular flexibility index (Phi) is 4.51. The summed E-state index contributed by atoms with van der Waals surface area (Å²) in [7, 11) is 0. The Morgan fingerprint density at radius 2 is 1.65 bits per heavy atom. The predicted molar refractivity (Wildman–Crippen MR) is 68.5 cm³/mol. The molecular weight excluding hydrogens is 264 g/mol. The van der Waals surface area contributed by atoms with E-state index in [2.05, 4.69) is 0 Å². The Labute approximate surface area is 115 Å². The molecular formula is C15H11F2NO2. The zero-order valence-corrected chi connectivity index (χ0v) is 10.5. The summed E-state index contributed by atoms with van der Waals surface area (Å²) in [5.74, 6) is -0.825.